The van der Waals surface area contributed by atoms with E-state index in [1.807, 2.05) is 13.8 Å². The summed E-state index contributed by atoms with van der Waals surface area (Å²) in [6.45, 7) is 5.58. The number of halogens is 1. The average Bonchev–Trinajstić information content (AvgIpc) is 2.69. The zero-order valence-corrected chi connectivity index (χ0v) is 11.8. The molecule has 0 spiro atoms. The van der Waals surface area contributed by atoms with Gasteiger partial charge in [0.1, 0.15) is 11.9 Å². The largest absolute Gasteiger partial charge is 0.352 e. The maximum Gasteiger partial charge on any atom is 0.242 e. The molecule has 1 unspecified atom stereocenters. The van der Waals surface area contributed by atoms with Crippen molar-refractivity contribution in [1.82, 2.24) is 10.3 Å². The molecule has 2 N–H and O–H groups in total. The molecule has 0 bridgehead atoms. The summed E-state index contributed by atoms with van der Waals surface area (Å²) in [5.74, 6) is -0.393. The summed E-state index contributed by atoms with van der Waals surface area (Å²) in [6, 6.07) is 4.19. The molecule has 0 fully saturated rings. The van der Waals surface area contributed by atoms with Gasteiger partial charge in [0, 0.05) is 12.1 Å². The second-order valence-electron chi connectivity index (χ2n) is 4.66. The van der Waals surface area contributed by atoms with Crippen LogP contribution in [0.2, 0.25) is 0 Å². The van der Waals surface area contributed by atoms with Crippen molar-refractivity contribution in [2.45, 2.75) is 32.9 Å². The minimum absolute atomic E-state index is 0.0829. The fourth-order valence-corrected chi connectivity index (χ4v) is 2.56. The molecule has 1 aromatic carbocycles. The number of anilines is 1. The van der Waals surface area contributed by atoms with Crippen molar-refractivity contribution in [2.24, 2.45) is 0 Å². The Morgan fingerprint density at radius 2 is 2.11 bits per heavy atom. The summed E-state index contributed by atoms with van der Waals surface area (Å²) in [5.41, 5.74) is 0.601. The molecule has 1 aromatic heterocycles. The van der Waals surface area contributed by atoms with E-state index in [9.17, 15) is 9.18 Å². The van der Waals surface area contributed by atoms with Gasteiger partial charge in [0.15, 0.2) is 5.13 Å². The molecule has 0 saturated heterocycles. The van der Waals surface area contributed by atoms with Gasteiger partial charge in [0.2, 0.25) is 5.91 Å². The summed E-state index contributed by atoms with van der Waals surface area (Å²) in [4.78, 5) is 16.0. The highest BCUT2D eigenvalue weighted by Crippen LogP contribution is 2.26. The Labute approximate surface area is 115 Å². The summed E-state index contributed by atoms with van der Waals surface area (Å²) in [7, 11) is 0. The number of nitrogens with zero attached hydrogens (tertiary/aromatic N) is 1. The molecular formula is C13H16FN3OS. The van der Waals surface area contributed by atoms with Crippen molar-refractivity contribution in [3.63, 3.8) is 0 Å². The molecule has 0 aliphatic heterocycles. The van der Waals surface area contributed by atoms with Gasteiger partial charge in [0.05, 0.1) is 10.2 Å². The van der Waals surface area contributed by atoms with Crippen LogP contribution in [-0.2, 0) is 4.79 Å². The third-order valence-electron chi connectivity index (χ3n) is 2.51. The number of aromatic nitrogens is 1. The molecule has 1 atom stereocenters. The molecule has 2 rings (SSSR count). The summed E-state index contributed by atoms with van der Waals surface area (Å²) < 4.78 is 13.9. The lowest BCUT2D eigenvalue weighted by Gasteiger charge is -2.15. The molecule has 19 heavy (non-hydrogen) atoms. The molecule has 0 aliphatic carbocycles. The first-order chi connectivity index (χ1) is 8.95. The fourth-order valence-electron chi connectivity index (χ4n) is 1.62. The Balaban J connectivity index is 2.10. The minimum atomic E-state index is -0.382. The molecule has 0 saturated carbocycles. The van der Waals surface area contributed by atoms with Crippen LogP contribution < -0.4 is 10.6 Å². The third kappa shape index (κ3) is 3.41. The van der Waals surface area contributed by atoms with Crippen LogP contribution in [0.15, 0.2) is 18.2 Å². The number of amides is 1. The molecule has 4 nitrogen and oxygen atoms in total. The Morgan fingerprint density at radius 1 is 1.37 bits per heavy atom. The topological polar surface area (TPSA) is 54.0 Å². The van der Waals surface area contributed by atoms with Gasteiger partial charge in [-0.05, 0) is 32.9 Å². The molecule has 102 valence electrons. The van der Waals surface area contributed by atoms with Crippen LogP contribution in [0.4, 0.5) is 9.52 Å². The summed E-state index contributed by atoms with van der Waals surface area (Å²) in [6.07, 6.45) is 0. The molecule has 6 heteroatoms. The van der Waals surface area contributed by atoms with E-state index < -0.39 is 0 Å². The fraction of sp³-hybridized carbons (Fsp3) is 0.385. The van der Waals surface area contributed by atoms with E-state index in [4.69, 9.17) is 0 Å². The number of fused-ring (bicyclic) bond motifs is 1. The van der Waals surface area contributed by atoms with Crippen LogP contribution >= 0.6 is 11.3 Å². The van der Waals surface area contributed by atoms with Gasteiger partial charge >= 0.3 is 0 Å². The monoisotopic (exact) mass is 281 g/mol. The minimum Gasteiger partial charge on any atom is -0.352 e. The number of nitrogens with one attached hydrogen (secondary N) is 2. The number of carbonyl (C=O) groups is 1. The molecule has 1 amide bonds. The summed E-state index contributed by atoms with van der Waals surface area (Å²) >= 11 is 1.40. The standard InChI is InChI=1S/C13H16FN3OS/c1-7(2)15-12(18)8(3)16-13-17-10-6-9(14)4-5-11(10)19-13/h4-8H,1-3H3,(H,15,18)(H,16,17). The van der Waals surface area contributed by atoms with Gasteiger partial charge in [-0.2, -0.15) is 0 Å². The lowest BCUT2D eigenvalue weighted by molar-refractivity contribution is -0.122. The van der Waals surface area contributed by atoms with E-state index in [2.05, 4.69) is 15.6 Å². The Hall–Kier alpha value is -1.69. The number of rotatable bonds is 4. The number of benzene rings is 1. The molecular weight excluding hydrogens is 265 g/mol. The van der Waals surface area contributed by atoms with Crippen LogP contribution in [-0.4, -0.2) is 23.0 Å². The molecule has 2 aromatic rings. The van der Waals surface area contributed by atoms with Gasteiger partial charge in [-0.25, -0.2) is 9.37 Å². The van der Waals surface area contributed by atoms with Gasteiger partial charge < -0.3 is 10.6 Å². The van der Waals surface area contributed by atoms with E-state index in [1.54, 1.807) is 13.0 Å². The zero-order valence-electron chi connectivity index (χ0n) is 11.0. The van der Waals surface area contributed by atoms with Gasteiger partial charge in [-0.15, -0.1) is 0 Å². The van der Waals surface area contributed by atoms with Crippen LogP contribution in [0, 0.1) is 5.82 Å². The normalized spacial score (nSPS) is 12.7. The van der Waals surface area contributed by atoms with Gasteiger partial charge in [-0.3, -0.25) is 4.79 Å². The highest BCUT2D eigenvalue weighted by atomic mass is 32.1. The lowest BCUT2D eigenvalue weighted by Crippen LogP contribution is -2.40. The Kier molecular flexibility index (Phi) is 3.99. The van der Waals surface area contributed by atoms with Gasteiger partial charge in [-0.1, -0.05) is 11.3 Å². The van der Waals surface area contributed by atoms with E-state index >= 15 is 0 Å². The van der Waals surface area contributed by atoms with E-state index in [1.165, 1.54) is 23.5 Å². The number of carbonyl (C=O) groups excluding carboxylic acids is 1. The molecule has 0 radical (unpaired) electrons. The van der Waals surface area contributed by atoms with E-state index in [0.717, 1.165) is 4.70 Å². The molecule has 0 aliphatic rings. The first-order valence-electron chi connectivity index (χ1n) is 6.08. The highest BCUT2D eigenvalue weighted by molar-refractivity contribution is 7.22. The van der Waals surface area contributed by atoms with Crippen molar-refractivity contribution >= 4 is 32.6 Å². The number of hydrogen-bond donors (Lipinski definition) is 2. The van der Waals surface area contributed by atoms with Crippen LogP contribution in [0.25, 0.3) is 10.2 Å². The quantitative estimate of drug-likeness (QED) is 0.906. The predicted octanol–water partition coefficient (Wildman–Crippen LogP) is 2.76. The average molecular weight is 281 g/mol. The smallest absolute Gasteiger partial charge is 0.242 e. The molecule has 1 heterocycles. The van der Waals surface area contributed by atoms with E-state index in [-0.39, 0.29) is 23.8 Å². The highest BCUT2D eigenvalue weighted by Gasteiger charge is 2.15. The third-order valence-corrected chi connectivity index (χ3v) is 3.48. The van der Waals surface area contributed by atoms with Crippen molar-refractivity contribution in [3.05, 3.63) is 24.0 Å². The Bertz CT molecular complexity index is 597. The predicted molar refractivity (Wildman–Crippen MR) is 75.9 cm³/mol. The zero-order chi connectivity index (χ0) is 14.0. The van der Waals surface area contributed by atoms with E-state index in [0.29, 0.717) is 10.6 Å². The van der Waals surface area contributed by atoms with Crippen LogP contribution in [0.5, 0.6) is 0 Å². The Morgan fingerprint density at radius 3 is 2.79 bits per heavy atom. The first-order valence-corrected chi connectivity index (χ1v) is 6.90. The second kappa shape index (κ2) is 5.52. The van der Waals surface area contributed by atoms with Gasteiger partial charge in [0.25, 0.3) is 0 Å². The number of hydrogen-bond acceptors (Lipinski definition) is 4. The lowest BCUT2D eigenvalue weighted by atomic mass is 10.3. The van der Waals surface area contributed by atoms with Crippen molar-refractivity contribution in [1.29, 1.82) is 0 Å². The maximum atomic E-state index is 13.1. The summed E-state index contributed by atoms with van der Waals surface area (Å²) in [5, 5.41) is 6.47. The number of thiazole rings is 1. The van der Waals surface area contributed by atoms with Crippen molar-refractivity contribution in [2.75, 3.05) is 5.32 Å². The first kappa shape index (κ1) is 13.7. The van der Waals surface area contributed by atoms with Crippen molar-refractivity contribution in [3.8, 4) is 0 Å². The van der Waals surface area contributed by atoms with Crippen molar-refractivity contribution < 1.29 is 9.18 Å². The van der Waals surface area contributed by atoms with Crippen LogP contribution in [0.1, 0.15) is 20.8 Å². The maximum absolute atomic E-state index is 13.1. The van der Waals surface area contributed by atoms with Crippen LogP contribution in [0.3, 0.4) is 0 Å². The second-order valence-corrected chi connectivity index (χ2v) is 5.69. The SMILES string of the molecule is CC(C)NC(=O)C(C)Nc1nc2cc(F)ccc2s1.